The van der Waals surface area contributed by atoms with Crippen LogP contribution in [-0.4, -0.2) is 25.2 Å². The minimum absolute atomic E-state index is 0.265. The summed E-state index contributed by atoms with van der Waals surface area (Å²) in [5, 5.41) is 6.07. The zero-order chi connectivity index (χ0) is 14.4. The van der Waals surface area contributed by atoms with Crippen LogP contribution in [0.25, 0.3) is 10.8 Å². The van der Waals surface area contributed by atoms with Crippen LogP contribution < -0.4 is 5.32 Å². The average Bonchev–Trinajstić information content (AvgIpc) is 2.50. The van der Waals surface area contributed by atoms with Gasteiger partial charge in [0.25, 0.3) is 0 Å². The molecule has 2 unspecified atom stereocenters. The quantitative estimate of drug-likeness (QED) is 0.837. The van der Waals surface area contributed by atoms with E-state index in [1.165, 1.54) is 10.8 Å². The molecule has 0 radical (unpaired) electrons. The van der Waals surface area contributed by atoms with Gasteiger partial charge < -0.3 is 10.1 Å². The number of benzene rings is 1. The topological polar surface area (TPSA) is 34.2 Å². The molecule has 3 nitrogen and oxygen atoms in total. The summed E-state index contributed by atoms with van der Waals surface area (Å²) in [5.74, 6) is 0.480. The second-order valence-corrected chi connectivity index (χ2v) is 5.21. The standard InChI is InChI=1S/C17H24N2O/c1-4-18-16(13(2)10-12-20-3)17-15-8-6-5-7-14(15)9-11-19-17/h5-9,11,13,16,18H,4,10,12H2,1-3H3. The van der Waals surface area contributed by atoms with Gasteiger partial charge >= 0.3 is 0 Å². The first kappa shape index (κ1) is 14.9. The molecule has 2 aromatic rings. The van der Waals surface area contributed by atoms with Gasteiger partial charge in [0.1, 0.15) is 0 Å². The Morgan fingerprint density at radius 2 is 2.05 bits per heavy atom. The summed E-state index contributed by atoms with van der Waals surface area (Å²) in [6.45, 7) is 6.12. The van der Waals surface area contributed by atoms with Gasteiger partial charge in [-0.3, -0.25) is 4.98 Å². The molecule has 0 aliphatic rings. The molecule has 3 heteroatoms. The van der Waals surface area contributed by atoms with E-state index in [0.717, 1.165) is 25.3 Å². The lowest BCUT2D eigenvalue weighted by molar-refractivity contribution is 0.170. The van der Waals surface area contributed by atoms with Gasteiger partial charge in [-0.25, -0.2) is 0 Å². The van der Waals surface area contributed by atoms with Gasteiger partial charge in [-0.15, -0.1) is 0 Å². The molecule has 1 aromatic heterocycles. The SMILES string of the molecule is CCNC(c1nccc2ccccc12)C(C)CCOC. The lowest BCUT2D eigenvalue weighted by Gasteiger charge is -2.25. The lowest BCUT2D eigenvalue weighted by atomic mass is 9.92. The first-order valence-electron chi connectivity index (χ1n) is 7.34. The number of rotatable bonds is 7. The Morgan fingerprint density at radius 1 is 1.25 bits per heavy atom. The van der Waals surface area contributed by atoms with Crippen LogP contribution >= 0.6 is 0 Å². The van der Waals surface area contributed by atoms with Crippen molar-refractivity contribution >= 4 is 10.8 Å². The molecule has 2 rings (SSSR count). The first-order chi connectivity index (χ1) is 9.77. The van der Waals surface area contributed by atoms with Crippen molar-refractivity contribution in [2.75, 3.05) is 20.3 Å². The van der Waals surface area contributed by atoms with Crippen LogP contribution in [0, 0.1) is 5.92 Å². The molecule has 1 N–H and O–H groups in total. The van der Waals surface area contributed by atoms with Crippen LogP contribution in [0.5, 0.6) is 0 Å². The summed E-state index contributed by atoms with van der Waals surface area (Å²) in [6.07, 6.45) is 2.93. The van der Waals surface area contributed by atoms with Crippen LogP contribution in [0.2, 0.25) is 0 Å². The molecule has 0 fully saturated rings. The maximum atomic E-state index is 5.22. The van der Waals surface area contributed by atoms with Gasteiger partial charge in [-0.1, -0.05) is 38.1 Å². The van der Waals surface area contributed by atoms with E-state index in [2.05, 4.69) is 54.5 Å². The van der Waals surface area contributed by atoms with E-state index in [1.54, 1.807) is 7.11 Å². The van der Waals surface area contributed by atoms with E-state index in [-0.39, 0.29) is 6.04 Å². The molecule has 1 heterocycles. The maximum Gasteiger partial charge on any atom is 0.0654 e. The normalized spacial score (nSPS) is 14.3. The Labute approximate surface area is 121 Å². The number of ether oxygens (including phenoxy) is 1. The van der Waals surface area contributed by atoms with E-state index < -0.39 is 0 Å². The van der Waals surface area contributed by atoms with Crippen molar-refractivity contribution < 1.29 is 4.74 Å². The molecule has 108 valence electrons. The lowest BCUT2D eigenvalue weighted by Crippen LogP contribution is -2.28. The van der Waals surface area contributed by atoms with Crippen molar-refractivity contribution in [1.82, 2.24) is 10.3 Å². The predicted octanol–water partition coefficient (Wildman–Crippen LogP) is 3.56. The van der Waals surface area contributed by atoms with Crippen molar-refractivity contribution in [2.24, 2.45) is 5.92 Å². The smallest absolute Gasteiger partial charge is 0.0654 e. The Bertz CT molecular complexity index is 536. The van der Waals surface area contributed by atoms with Crippen molar-refractivity contribution in [3.05, 3.63) is 42.2 Å². The molecule has 2 atom stereocenters. The van der Waals surface area contributed by atoms with E-state index in [4.69, 9.17) is 4.74 Å². The van der Waals surface area contributed by atoms with Crippen LogP contribution in [-0.2, 0) is 4.74 Å². The van der Waals surface area contributed by atoms with Crippen molar-refractivity contribution in [2.45, 2.75) is 26.3 Å². The Morgan fingerprint density at radius 3 is 2.80 bits per heavy atom. The third-order valence-electron chi connectivity index (χ3n) is 3.77. The van der Waals surface area contributed by atoms with E-state index in [0.29, 0.717) is 5.92 Å². The highest BCUT2D eigenvalue weighted by molar-refractivity contribution is 5.84. The number of aromatic nitrogens is 1. The van der Waals surface area contributed by atoms with Gasteiger partial charge in [0.15, 0.2) is 0 Å². The fraction of sp³-hybridized carbons (Fsp3) is 0.471. The van der Waals surface area contributed by atoms with Crippen molar-refractivity contribution in [1.29, 1.82) is 0 Å². The fourth-order valence-electron chi connectivity index (χ4n) is 2.65. The molecule has 0 amide bonds. The predicted molar refractivity (Wildman–Crippen MR) is 83.8 cm³/mol. The van der Waals surface area contributed by atoms with Crippen LogP contribution in [0.1, 0.15) is 32.0 Å². The van der Waals surface area contributed by atoms with Gasteiger partial charge in [0, 0.05) is 25.3 Å². The number of hydrogen-bond donors (Lipinski definition) is 1. The molecule has 1 aromatic carbocycles. The summed E-state index contributed by atoms with van der Waals surface area (Å²) in [5.41, 5.74) is 1.15. The molecular formula is C17H24N2O. The fourth-order valence-corrected chi connectivity index (χ4v) is 2.65. The van der Waals surface area contributed by atoms with Crippen molar-refractivity contribution in [3.63, 3.8) is 0 Å². The molecule has 0 spiro atoms. The summed E-state index contributed by atoms with van der Waals surface area (Å²) in [7, 11) is 1.76. The van der Waals surface area contributed by atoms with E-state index in [9.17, 15) is 0 Å². The molecular weight excluding hydrogens is 248 g/mol. The summed E-state index contributed by atoms with van der Waals surface area (Å²) < 4.78 is 5.22. The summed E-state index contributed by atoms with van der Waals surface area (Å²) in [6, 6.07) is 10.8. The number of nitrogens with zero attached hydrogens (tertiary/aromatic N) is 1. The number of pyridine rings is 1. The zero-order valence-electron chi connectivity index (χ0n) is 12.6. The molecule has 0 bridgehead atoms. The van der Waals surface area contributed by atoms with Crippen LogP contribution in [0.4, 0.5) is 0 Å². The third-order valence-corrected chi connectivity index (χ3v) is 3.77. The maximum absolute atomic E-state index is 5.22. The molecule has 0 aliphatic carbocycles. The van der Waals surface area contributed by atoms with Gasteiger partial charge in [-0.2, -0.15) is 0 Å². The summed E-state index contributed by atoms with van der Waals surface area (Å²) >= 11 is 0. The van der Waals surface area contributed by atoms with E-state index >= 15 is 0 Å². The zero-order valence-corrected chi connectivity index (χ0v) is 12.6. The average molecular weight is 272 g/mol. The van der Waals surface area contributed by atoms with E-state index in [1.807, 2.05) is 6.20 Å². The second-order valence-electron chi connectivity index (χ2n) is 5.21. The number of fused-ring (bicyclic) bond motifs is 1. The van der Waals surface area contributed by atoms with Crippen molar-refractivity contribution in [3.8, 4) is 0 Å². The highest BCUT2D eigenvalue weighted by atomic mass is 16.5. The Kier molecular flexibility index (Phi) is 5.50. The van der Waals surface area contributed by atoms with Crippen LogP contribution in [0.3, 0.4) is 0 Å². The molecule has 0 aliphatic heterocycles. The number of methoxy groups -OCH3 is 1. The molecule has 20 heavy (non-hydrogen) atoms. The highest BCUT2D eigenvalue weighted by Gasteiger charge is 2.21. The number of hydrogen-bond acceptors (Lipinski definition) is 3. The Hall–Kier alpha value is -1.45. The largest absolute Gasteiger partial charge is 0.385 e. The van der Waals surface area contributed by atoms with Gasteiger partial charge in [-0.05, 0) is 30.3 Å². The molecule has 0 saturated carbocycles. The summed E-state index contributed by atoms with van der Waals surface area (Å²) in [4.78, 5) is 4.65. The minimum atomic E-state index is 0.265. The van der Waals surface area contributed by atoms with Crippen LogP contribution in [0.15, 0.2) is 36.5 Å². The third kappa shape index (κ3) is 3.35. The Balaban J connectivity index is 2.35. The highest BCUT2D eigenvalue weighted by Crippen LogP contribution is 2.28. The van der Waals surface area contributed by atoms with Gasteiger partial charge in [0.05, 0.1) is 11.7 Å². The number of nitrogens with one attached hydrogen (secondary N) is 1. The minimum Gasteiger partial charge on any atom is -0.385 e. The van der Waals surface area contributed by atoms with Gasteiger partial charge in [0.2, 0.25) is 0 Å². The molecule has 0 saturated heterocycles. The monoisotopic (exact) mass is 272 g/mol. The first-order valence-corrected chi connectivity index (χ1v) is 7.34. The second kappa shape index (κ2) is 7.36.